The Labute approximate surface area is 114 Å². The molecule has 0 aromatic heterocycles. The van der Waals surface area contributed by atoms with E-state index in [2.05, 4.69) is 0 Å². The molecule has 1 amide bonds. The molecule has 0 saturated carbocycles. The lowest BCUT2D eigenvalue weighted by atomic mass is 10.1. The molecule has 4 heteroatoms. The minimum atomic E-state index is 0.0456. The number of para-hydroxylation sites is 1. The van der Waals surface area contributed by atoms with Crippen molar-refractivity contribution >= 4 is 5.91 Å². The molecule has 1 aliphatic rings. The van der Waals surface area contributed by atoms with Crippen molar-refractivity contribution in [3.63, 3.8) is 0 Å². The van der Waals surface area contributed by atoms with Gasteiger partial charge in [-0.1, -0.05) is 18.2 Å². The average molecular weight is 263 g/mol. The summed E-state index contributed by atoms with van der Waals surface area (Å²) in [4.78, 5) is 14.0. The van der Waals surface area contributed by atoms with Crippen molar-refractivity contribution < 1.29 is 14.6 Å². The van der Waals surface area contributed by atoms with E-state index < -0.39 is 0 Å². The molecule has 4 nitrogen and oxygen atoms in total. The number of ether oxygens (including phenoxy) is 1. The minimum absolute atomic E-state index is 0.0456. The number of nitrogens with zero attached hydrogens (tertiary/aromatic N) is 1. The Hall–Kier alpha value is -1.55. The van der Waals surface area contributed by atoms with Crippen molar-refractivity contribution in [2.75, 3.05) is 19.8 Å². The Kier molecular flexibility index (Phi) is 5.21. The van der Waals surface area contributed by atoms with Crippen molar-refractivity contribution in [2.24, 2.45) is 0 Å². The summed E-state index contributed by atoms with van der Waals surface area (Å²) < 4.78 is 5.49. The smallest absolute Gasteiger partial charge is 0.260 e. The van der Waals surface area contributed by atoms with E-state index in [9.17, 15) is 4.79 Å². The second-order valence-corrected chi connectivity index (χ2v) is 4.85. The number of likely N-dealkylation sites (tertiary alicyclic amines) is 1. The van der Waals surface area contributed by atoms with E-state index >= 15 is 0 Å². The molecule has 0 spiro atoms. The van der Waals surface area contributed by atoms with Crippen molar-refractivity contribution in [3.8, 4) is 5.75 Å². The first kappa shape index (κ1) is 13.9. The van der Waals surface area contributed by atoms with Crippen LogP contribution in [0.4, 0.5) is 0 Å². The number of aliphatic hydroxyl groups is 1. The van der Waals surface area contributed by atoms with Crippen LogP contribution in [0.15, 0.2) is 30.3 Å². The Balaban J connectivity index is 1.82. The topological polar surface area (TPSA) is 49.8 Å². The number of hydrogen-bond donors (Lipinski definition) is 1. The lowest BCUT2D eigenvalue weighted by molar-refractivity contribution is -0.134. The molecule has 1 fully saturated rings. The van der Waals surface area contributed by atoms with Gasteiger partial charge in [-0.15, -0.1) is 0 Å². The molecule has 1 aromatic rings. The maximum absolute atomic E-state index is 12.1. The van der Waals surface area contributed by atoms with Gasteiger partial charge >= 0.3 is 0 Å². The first-order valence-electron chi connectivity index (χ1n) is 6.89. The number of aliphatic hydroxyl groups excluding tert-OH is 1. The van der Waals surface area contributed by atoms with Crippen LogP contribution in [0.2, 0.25) is 0 Å². The van der Waals surface area contributed by atoms with Gasteiger partial charge in [0.2, 0.25) is 0 Å². The summed E-state index contributed by atoms with van der Waals surface area (Å²) in [6, 6.07) is 9.67. The van der Waals surface area contributed by atoms with E-state index in [-0.39, 0.29) is 25.2 Å². The van der Waals surface area contributed by atoms with E-state index in [1.807, 2.05) is 35.2 Å². The Morgan fingerprint density at radius 3 is 2.89 bits per heavy atom. The first-order valence-corrected chi connectivity index (χ1v) is 6.89. The van der Waals surface area contributed by atoms with Crippen molar-refractivity contribution in [1.29, 1.82) is 0 Å². The predicted octanol–water partition coefficient (Wildman–Crippen LogP) is 1.83. The van der Waals surface area contributed by atoms with Gasteiger partial charge in [0, 0.05) is 19.2 Å². The quantitative estimate of drug-likeness (QED) is 0.852. The van der Waals surface area contributed by atoms with Gasteiger partial charge in [-0.05, 0) is 37.8 Å². The SMILES string of the molecule is O=C(COc1ccccc1)N1CCCC1CCCO. The van der Waals surface area contributed by atoms with Crippen LogP contribution in [0.5, 0.6) is 5.75 Å². The highest BCUT2D eigenvalue weighted by Crippen LogP contribution is 2.21. The summed E-state index contributed by atoms with van der Waals surface area (Å²) in [5.41, 5.74) is 0. The fraction of sp³-hybridized carbons (Fsp3) is 0.533. The standard InChI is InChI=1S/C15H21NO3/c17-11-5-7-13-6-4-10-16(13)15(18)12-19-14-8-2-1-3-9-14/h1-3,8-9,13,17H,4-7,10-12H2. The summed E-state index contributed by atoms with van der Waals surface area (Å²) in [5, 5.41) is 8.88. The fourth-order valence-corrected chi connectivity index (χ4v) is 2.54. The lowest BCUT2D eigenvalue weighted by Crippen LogP contribution is -2.38. The summed E-state index contributed by atoms with van der Waals surface area (Å²) in [6.07, 6.45) is 3.73. The third kappa shape index (κ3) is 3.96. The average Bonchev–Trinajstić information content (AvgIpc) is 2.92. The fourth-order valence-electron chi connectivity index (χ4n) is 2.54. The van der Waals surface area contributed by atoms with Gasteiger partial charge < -0.3 is 14.7 Å². The Bertz CT molecular complexity index is 394. The highest BCUT2D eigenvalue weighted by molar-refractivity contribution is 5.78. The van der Waals surface area contributed by atoms with Crippen LogP contribution in [0.25, 0.3) is 0 Å². The van der Waals surface area contributed by atoms with Crippen molar-refractivity contribution in [2.45, 2.75) is 31.7 Å². The number of hydrogen-bond acceptors (Lipinski definition) is 3. The van der Waals surface area contributed by atoms with Gasteiger partial charge in [-0.2, -0.15) is 0 Å². The van der Waals surface area contributed by atoms with Gasteiger partial charge in [0.15, 0.2) is 6.61 Å². The lowest BCUT2D eigenvalue weighted by Gasteiger charge is -2.24. The molecule has 104 valence electrons. The van der Waals surface area contributed by atoms with Crippen LogP contribution in [0.1, 0.15) is 25.7 Å². The molecule has 0 radical (unpaired) electrons. The number of rotatable bonds is 6. The Morgan fingerprint density at radius 2 is 2.16 bits per heavy atom. The van der Waals surface area contributed by atoms with Gasteiger partial charge in [-0.25, -0.2) is 0 Å². The maximum Gasteiger partial charge on any atom is 0.260 e. The zero-order valence-corrected chi connectivity index (χ0v) is 11.1. The molecule has 2 rings (SSSR count). The summed E-state index contributed by atoms with van der Waals surface area (Å²) in [7, 11) is 0. The number of carbonyl (C=O) groups is 1. The molecule has 1 unspecified atom stereocenters. The summed E-state index contributed by atoms with van der Waals surface area (Å²) in [6.45, 7) is 1.10. The summed E-state index contributed by atoms with van der Waals surface area (Å²) >= 11 is 0. The third-order valence-electron chi connectivity index (χ3n) is 3.50. The van der Waals surface area contributed by atoms with Crippen LogP contribution in [-0.4, -0.2) is 41.7 Å². The van der Waals surface area contributed by atoms with Crippen LogP contribution < -0.4 is 4.74 Å². The third-order valence-corrected chi connectivity index (χ3v) is 3.50. The van der Waals surface area contributed by atoms with Gasteiger partial charge in [0.05, 0.1) is 0 Å². The van der Waals surface area contributed by atoms with E-state index in [1.165, 1.54) is 0 Å². The first-order chi connectivity index (χ1) is 9.31. The molecule has 0 bridgehead atoms. The second-order valence-electron chi connectivity index (χ2n) is 4.85. The maximum atomic E-state index is 12.1. The van der Waals surface area contributed by atoms with Crippen LogP contribution in [0, 0.1) is 0 Å². The number of amides is 1. The van der Waals surface area contributed by atoms with E-state index in [4.69, 9.17) is 9.84 Å². The molecule has 1 aliphatic heterocycles. The van der Waals surface area contributed by atoms with Crippen LogP contribution in [0.3, 0.4) is 0 Å². The normalized spacial score (nSPS) is 18.6. The highest BCUT2D eigenvalue weighted by Gasteiger charge is 2.28. The van der Waals surface area contributed by atoms with Gasteiger partial charge in [0.25, 0.3) is 5.91 Å². The van der Waals surface area contributed by atoms with Crippen LogP contribution >= 0.6 is 0 Å². The monoisotopic (exact) mass is 263 g/mol. The molecule has 1 heterocycles. The molecule has 1 N–H and O–H groups in total. The predicted molar refractivity (Wildman–Crippen MR) is 73.0 cm³/mol. The van der Waals surface area contributed by atoms with Crippen molar-refractivity contribution in [3.05, 3.63) is 30.3 Å². The van der Waals surface area contributed by atoms with Gasteiger partial charge in [-0.3, -0.25) is 4.79 Å². The van der Waals surface area contributed by atoms with E-state index in [0.29, 0.717) is 0 Å². The molecule has 1 atom stereocenters. The zero-order chi connectivity index (χ0) is 13.5. The van der Waals surface area contributed by atoms with Gasteiger partial charge in [0.1, 0.15) is 5.75 Å². The molecule has 1 saturated heterocycles. The zero-order valence-electron chi connectivity index (χ0n) is 11.1. The number of benzene rings is 1. The molecular weight excluding hydrogens is 242 g/mol. The minimum Gasteiger partial charge on any atom is -0.484 e. The van der Waals surface area contributed by atoms with E-state index in [1.54, 1.807) is 0 Å². The van der Waals surface area contributed by atoms with Crippen LogP contribution in [-0.2, 0) is 4.79 Å². The molecule has 19 heavy (non-hydrogen) atoms. The Morgan fingerprint density at radius 1 is 1.37 bits per heavy atom. The van der Waals surface area contributed by atoms with Crippen molar-refractivity contribution in [1.82, 2.24) is 4.90 Å². The highest BCUT2D eigenvalue weighted by atomic mass is 16.5. The molecule has 0 aliphatic carbocycles. The molecule has 1 aromatic carbocycles. The molecular formula is C15H21NO3. The number of carbonyl (C=O) groups excluding carboxylic acids is 1. The largest absolute Gasteiger partial charge is 0.484 e. The van der Waals surface area contributed by atoms with E-state index in [0.717, 1.165) is 38.0 Å². The second kappa shape index (κ2) is 7.14. The summed E-state index contributed by atoms with van der Waals surface area (Å²) in [5.74, 6) is 0.770.